The second-order valence-corrected chi connectivity index (χ2v) is 6.77. The van der Waals surface area contributed by atoms with Crippen molar-refractivity contribution >= 4 is 5.69 Å². The van der Waals surface area contributed by atoms with Gasteiger partial charge >= 0.3 is 6.18 Å². The summed E-state index contributed by atoms with van der Waals surface area (Å²) in [7, 11) is 0. The average molecular weight is 399 g/mol. The van der Waals surface area contributed by atoms with Crippen molar-refractivity contribution in [3.05, 3.63) is 59.6 Å². The minimum Gasteiger partial charge on any atom is -0.371 e. The van der Waals surface area contributed by atoms with Crippen molar-refractivity contribution in [1.82, 2.24) is 15.1 Å². The molecule has 4 rings (SSSR count). The Kier molecular flexibility index (Phi) is 4.92. The van der Waals surface area contributed by atoms with Crippen molar-refractivity contribution in [1.29, 1.82) is 5.26 Å². The van der Waals surface area contributed by atoms with Gasteiger partial charge in [-0.15, -0.1) is 0 Å². The van der Waals surface area contributed by atoms with Crippen LogP contribution in [-0.4, -0.2) is 28.2 Å². The van der Waals surface area contributed by atoms with Crippen LogP contribution in [0.1, 0.15) is 35.8 Å². The first-order valence-corrected chi connectivity index (χ1v) is 9.07. The first-order valence-electron chi connectivity index (χ1n) is 9.07. The number of halogens is 3. The van der Waals surface area contributed by atoms with Gasteiger partial charge in [0.1, 0.15) is 5.69 Å². The second-order valence-electron chi connectivity index (χ2n) is 6.77. The van der Waals surface area contributed by atoms with Crippen molar-refractivity contribution in [3.8, 4) is 17.6 Å². The fourth-order valence-corrected chi connectivity index (χ4v) is 3.45. The van der Waals surface area contributed by atoms with E-state index < -0.39 is 11.7 Å². The van der Waals surface area contributed by atoms with Crippen molar-refractivity contribution in [2.45, 2.75) is 24.9 Å². The van der Waals surface area contributed by atoms with Crippen LogP contribution >= 0.6 is 0 Å². The molecule has 0 N–H and O–H groups in total. The molecule has 1 aliphatic heterocycles. The van der Waals surface area contributed by atoms with Gasteiger partial charge < -0.3 is 9.42 Å². The lowest BCUT2D eigenvalue weighted by Crippen LogP contribution is -2.33. The molecule has 3 aromatic rings. The summed E-state index contributed by atoms with van der Waals surface area (Å²) in [5.74, 6) is 0.975. The van der Waals surface area contributed by atoms with Crippen LogP contribution in [0.25, 0.3) is 11.5 Å². The molecule has 2 aromatic heterocycles. The molecule has 6 nitrogen and oxygen atoms in total. The van der Waals surface area contributed by atoms with E-state index in [9.17, 15) is 13.2 Å². The highest BCUT2D eigenvalue weighted by Crippen LogP contribution is 2.36. The molecule has 0 radical (unpaired) electrons. The van der Waals surface area contributed by atoms with Crippen LogP contribution in [-0.2, 0) is 6.18 Å². The van der Waals surface area contributed by atoms with E-state index in [0.29, 0.717) is 49.0 Å². The first kappa shape index (κ1) is 18.9. The topological polar surface area (TPSA) is 78.8 Å². The summed E-state index contributed by atoms with van der Waals surface area (Å²) in [6.07, 6.45) is -1.57. The smallest absolute Gasteiger partial charge is 0.371 e. The Morgan fingerprint density at radius 3 is 2.59 bits per heavy atom. The molecule has 0 amide bonds. The maximum Gasteiger partial charge on any atom is 0.417 e. The zero-order chi connectivity index (χ0) is 20.4. The fraction of sp³-hybridized carbons (Fsp3) is 0.300. The van der Waals surface area contributed by atoms with Gasteiger partial charge in [-0.2, -0.15) is 23.4 Å². The average Bonchev–Trinajstić information content (AvgIpc) is 3.24. The van der Waals surface area contributed by atoms with Gasteiger partial charge in [-0.25, -0.2) is 0 Å². The number of aromatic nitrogens is 3. The Morgan fingerprint density at radius 1 is 1.14 bits per heavy atom. The third kappa shape index (κ3) is 3.92. The zero-order valence-electron chi connectivity index (χ0n) is 15.2. The number of rotatable bonds is 3. The molecule has 1 aromatic carbocycles. The van der Waals surface area contributed by atoms with Crippen molar-refractivity contribution < 1.29 is 17.7 Å². The Hall–Kier alpha value is -3.41. The number of hydrogen-bond acceptors (Lipinski definition) is 6. The molecule has 0 spiro atoms. The Morgan fingerprint density at radius 2 is 1.93 bits per heavy atom. The molecule has 9 heteroatoms. The number of nitriles is 1. The molecule has 0 atom stereocenters. The van der Waals surface area contributed by atoms with Crippen molar-refractivity contribution in [2.24, 2.45) is 0 Å². The van der Waals surface area contributed by atoms with E-state index in [-0.39, 0.29) is 11.5 Å². The summed E-state index contributed by atoms with van der Waals surface area (Å²) < 4.78 is 45.0. The maximum atomic E-state index is 13.2. The molecule has 1 fully saturated rings. The molecule has 148 valence electrons. The minimum absolute atomic E-state index is 0.0386. The normalized spacial score (nSPS) is 15.3. The number of pyridine rings is 1. The standard InChI is InChI=1S/C20H16F3N5O/c21-20(22,23)16-11-15(5-4-14(16)12-24)28-9-6-13(7-10-28)19-26-18(27-29-19)17-3-1-2-8-25-17/h1-5,8,11,13H,6-7,9-10H2. The molecule has 29 heavy (non-hydrogen) atoms. The number of benzene rings is 1. The number of hydrogen-bond donors (Lipinski definition) is 0. The lowest BCUT2D eigenvalue weighted by Gasteiger charge is -2.32. The van der Waals surface area contributed by atoms with Gasteiger partial charge in [0.25, 0.3) is 0 Å². The zero-order valence-corrected chi connectivity index (χ0v) is 15.2. The molecular formula is C20H16F3N5O. The van der Waals surface area contributed by atoms with Gasteiger partial charge in [0.15, 0.2) is 0 Å². The van der Waals surface area contributed by atoms with Gasteiger partial charge in [-0.3, -0.25) is 4.98 Å². The van der Waals surface area contributed by atoms with Crippen LogP contribution in [0.2, 0.25) is 0 Å². The van der Waals surface area contributed by atoms with Gasteiger partial charge in [-0.1, -0.05) is 11.2 Å². The van der Waals surface area contributed by atoms with Crippen LogP contribution in [0, 0.1) is 11.3 Å². The molecular weight excluding hydrogens is 383 g/mol. The largest absolute Gasteiger partial charge is 0.417 e. The van der Waals surface area contributed by atoms with E-state index in [4.69, 9.17) is 9.78 Å². The van der Waals surface area contributed by atoms with Crippen LogP contribution in [0.5, 0.6) is 0 Å². The number of piperidine rings is 1. The van der Waals surface area contributed by atoms with E-state index in [2.05, 4.69) is 15.1 Å². The third-order valence-corrected chi connectivity index (χ3v) is 4.97. The third-order valence-electron chi connectivity index (χ3n) is 4.97. The van der Waals surface area contributed by atoms with Gasteiger partial charge in [0.2, 0.25) is 11.7 Å². The first-order chi connectivity index (χ1) is 14.0. The van der Waals surface area contributed by atoms with Crippen molar-refractivity contribution in [2.75, 3.05) is 18.0 Å². The number of alkyl halides is 3. The summed E-state index contributed by atoms with van der Waals surface area (Å²) in [5, 5.41) is 12.9. The number of nitrogens with zero attached hydrogens (tertiary/aromatic N) is 5. The summed E-state index contributed by atoms with van der Waals surface area (Å²) in [6, 6.07) is 10.9. The van der Waals surface area contributed by atoms with Crippen LogP contribution < -0.4 is 4.90 Å². The lowest BCUT2D eigenvalue weighted by molar-refractivity contribution is -0.137. The highest BCUT2D eigenvalue weighted by atomic mass is 19.4. The molecule has 3 heterocycles. The summed E-state index contributed by atoms with van der Waals surface area (Å²) >= 11 is 0. The highest BCUT2D eigenvalue weighted by Gasteiger charge is 2.34. The minimum atomic E-state index is -4.56. The van der Waals surface area contributed by atoms with Crippen LogP contribution in [0.3, 0.4) is 0 Å². The molecule has 1 aliphatic rings. The van der Waals surface area contributed by atoms with E-state index in [1.165, 1.54) is 6.07 Å². The summed E-state index contributed by atoms with van der Waals surface area (Å²) in [5.41, 5.74) is -0.202. The lowest BCUT2D eigenvalue weighted by atomic mass is 9.96. The Labute approximate surface area is 164 Å². The predicted octanol–water partition coefficient (Wildman–Crippen LogP) is 4.41. The van der Waals surface area contributed by atoms with Gasteiger partial charge in [0, 0.05) is 30.9 Å². The van der Waals surface area contributed by atoms with Gasteiger partial charge in [0.05, 0.1) is 17.2 Å². The second kappa shape index (κ2) is 7.54. The fourth-order valence-electron chi connectivity index (χ4n) is 3.45. The number of anilines is 1. The molecule has 0 aliphatic carbocycles. The van der Waals surface area contributed by atoms with Crippen LogP contribution in [0.15, 0.2) is 47.1 Å². The molecule has 0 bridgehead atoms. The van der Waals surface area contributed by atoms with E-state index in [1.807, 2.05) is 11.0 Å². The quantitative estimate of drug-likeness (QED) is 0.649. The van der Waals surface area contributed by atoms with Crippen molar-refractivity contribution in [3.63, 3.8) is 0 Å². The Balaban J connectivity index is 1.47. The molecule has 1 saturated heterocycles. The van der Waals surface area contributed by atoms with Gasteiger partial charge in [-0.05, 0) is 43.2 Å². The molecule has 0 saturated carbocycles. The van der Waals surface area contributed by atoms with E-state index in [0.717, 1.165) is 6.07 Å². The summed E-state index contributed by atoms with van der Waals surface area (Å²) in [6.45, 7) is 1.10. The monoisotopic (exact) mass is 399 g/mol. The van der Waals surface area contributed by atoms with E-state index >= 15 is 0 Å². The predicted molar refractivity (Wildman–Crippen MR) is 97.9 cm³/mol. The SMILES string of the molecule is N#Cc1ccc(N2CCC(c3nc(-c4ccccn4)no3)CC2)cc1C(F)(F)F. The molecule has 0 unspecified atom stereocenters. The summed E-state index contributed by atoms with van der Waals surface area (Å²) in [4.78, 5) is 10.5. The highest BCUT2D eigenvalue weighted by molar-refractivity contribution is 5.55. The maximum absolute atomic E-state index is 13.2. The van der Waals surface area contributed by atoms with E-state index in [1.54, 1.807) is 30.5 Å². The Bertz CT molecular complexity index is 1030. The van der Waals surface area contributed by atoms with Crippen LogP contribution in [0.4, 0.5) is 18.9 Å².